The summed E-state index contributed by atoms with van der Waals surface area (Å²) in [7, 11) is 0. The van der Waals surface area contributed by atoms with E-state index in [0.29, 0.717) is 30.3 Å². The molecule has 0 spiro atoms. The first kappa shape index (κ1) is 18.1. The fourth-order valence-electron chi connectivity index (χ4n) is 2.18. The Balaban J connectivity index is 4.89. The Bertz CT molecular complexity index is 335. The van der Waals surface area contributed by atoms with Gasteiger partial charge in [-0.25, -0.2) is 0 Å². The molecule has 0 saturated heterocycles. The molecule has 110 valence electrons. The summed E-state index contributed by atoms with van der Waals surface area (Å²) in [4.78, 5) is 24.2. The topological polar surface area (TPSA) is 34.1 Å². The maximum absolute atomic E-state index is 12.2. The maximum atomic E-state index is 12.2. The summed E-state index contributed by atoms with van der Waals surface area (Å²) < 4.78 is 0. The summed E-state index contributed by atoms with van der Waals surface area (Å²) in [6.07, 6.45) is 3.95. The molecule has 0 aromatic heterocycles. The van der Waals surface area contributed by atoms with E-state index >= 15 is 0 Å². The number of Topliss-reactive ketones (excluding diaryl/α,β-unsaturated/α-hetero) is 2. The minimum Gasteiger partial charge on any atom is -0.294 e. The smallest absolute Gasteiger partial charge is 0.166 e. The predicted octanol–water partition coefficient (Wildman–Crippen LogP) is 4.72. The van der Waals surface area contributed by atoms with Gasteiger partial charge in [-0.1, -0.05) is 46.6 Å². The van der Waals surface area contributed by atoms with E-state index in [1.807, 2.05) is 27.7 Å². The summed E-state index contributed by atoms with van der Waals surface area (Å²) in [5.74, 6) is 1.01. The minimum atomic E-state index is 0.00713. The SMILES string of the molecule is CCC(=O)/C(C(=O)CC(C)C)=C(/C)CCCC(C)C. The van der Waals surface area contributed by atoms with Gasteiger partial charge in [0.2, 0.25) is 0 Å². The van der Waals surface area contributed by atoms with Gasteiger partial charge in [0.25, 0.3) is 0 Å². The first-order valence-corrected chi connectivity index (χ1v) is 7.55. The molecule has 0 unspecified atom stereocenters. The number of hydrogen-bond donors (Lipinski definition) is 0. The molecule has 0 N–H and O–H groups in total. The van der Waals surface area contributed by atoms with Gasteiger partial charge in [0.1, 0.15) is 0 Å². The normalized spacial score (nSPS) is 12.8. The molecule has 0 aliphatic carbocycles. The van der Waals surface area contributed by atoms with Crippen molar-refractivity contribution in [3.63, 3.8) is 0 Å². The molecule has 0 heterocycles. The van der Waals surface area contributed by atoms with E-state index in [1.165, 1.54) is 0 Å². The van der Waals surface area contributed by atoms with E-state index in [9.17, 15) is 9.59 Å². The van der Waals surface area contributed by atoms with Gasteiger partial charge in [0.15, 0.2) is 11.6 Å². The molecule has 0 rings (SSSR count). The quantitative estimate of drug-likeness (QED) is 0.343. The highest BCUT2D eigenvalue weighted by atomic mass is 16.1. The number of rotatable bonds is 9. The summed E-state index contributed by atoms with van der Waals surface area (Å²) in [6, 6.07) is 0. The van der Waals surface area contributed by atoms with Crippen molar-refractivity contribution in [2.75, 3.05) is 0 Å². The summed E-state index contributed by atoms with van der Waals surface area (Å²) >= 11 is 0. The van der Waals surface area contributed by atoms with Crippen LogP contribution in [0.4, 0.5) is 0 Å². The molecule has 19 heavy (non-hydrogen) atoms. The average molecular weight is 266 g/mol. The summed E-state index contributed by atoms with van der Waals surface area (Å²) in [5, 5.41) is 0. The lowest BCUT2D eigenvalue weighted by Gasteiger charge is -2.12. The van der Waals surface area contributed by atoms with Crippen LogP contribution in [0.5, 0.6) is 0 Å². The lowest BCUT2D eigenvalue weighted by atomic mass is 9.91. The van der Waals surface area contributed by atoms with Gasteiger partial charge in [0, 0.05) is 12.8 Å². The van der Waals surface area contributed by atoms with Crippen LogP contribution in [-0.4, -0.2) is 11.6 Å². The largest absolute Gasteiger partial charge is 0.294 e. The molecule has 0 aliphatic rings. The van der Waals surface area contributed by atoms with Crippen LogP contribution in [0.2, 0.25) is 0 Å². The van der Waals surface area contributed by atoms with Crippen LogP contribution in [0.3, 0.4) is 0 Å². The lowest BCUT2D eigenvalue weighted by molar-refractivity contribution is -0.121. The van der Waals surface area contributed by atoms with Gasteiger partial charge in [-0.05, 0) is 31.6 Å². The Kier molecular flexibility index (Phi) is 8.62. The van der Waals surface area contributed by atoms with Gasteiger partial charge in [-0.3, -0.25) is 9.59 Å². The van der Waals surface area contributed by atoms with Crippen LogP contribution < -0.4 is 0 Å². The van der Waals surface area contributed by atoms with Crippen LogP contribution in [0.25, 0.3) is 0 Å². The van der Waals surface area contributed by atoms with Crippen LogP contribution >= 0.6 is 0 Å². The van der Waals surface area contributed by atoms with Crippen molar-refractivity contribution in [3.05, 3.63) is 11.1 Å². The molecule has 2 heteroatoms. The Morgan fingerprint density at radius 1 is 0.947 bits per heavy atom. The molecular formula is C17H30O2. The molecule has 0 saturated carbocycles. The van der Waals surface area contributed by atoms with Gasteiger partial charge < -0.3 is 0 Å². The fourth-order valence-corrected chi connectivity index (χ4v) is 2.18. The molecule has 0 amide bonds. The molecule has 0 aliphatic heterocycles. The zero-order valence-corrected chi connectivity index (χ0v) is 13.5. The predicted molar refractivity (Wildman–Crippen MR) is 81.1 cm³/mol. The van der Waals surface area contributed by atoms with E-state index in [2.05, 4.69) is 13.8 Å². The molecule has 0 aromatic rings. The van der Waals surface area contributed by atoms with Gasteiger partial charge in [-0.15, -0.1) is 0 Å². The summed E-state index contributed by atoms with van der Waals surface area (Å²) in [5.41, 5.74) is 1.47. The molecule has 0 bridgehead atoms. The summed E-state index contributed by atoms with van der Waals surface area (Å²) in [6.45, 7) is 12.2. The Hall–Kier alpha value is -0.920. The van der Waals surface area contributed by atoms with E-state index in [1.54, 1.807) is 0 Å². The van der Waals surface area contributed by atoms with Crippen molar-refractivity contribution >= 4 is 11.6 Å². The number of hydrogen-bond acceptors (Lipinski definition) is 2. The number of ketones is 2. The minimum absolute atomic E-state index is 0.00713. The van der Waals surface area contributed by atoms with Crippen molar-refractivity contribution in [2.45, 2.75) is 73.6 Å². The first-order valence-electron chi connectivity index (χ1n) is 7.55. The average Bonchev–Trinajstić information content (AvgIpc) is 2.27. The fraction of sp³-hybridized carbons (Fsp3) is 0.765. The van der Waals surface area contributed by atoms with Crippen LogP contribution in [-0.2, 0) is 9.59 Å². The number of allylic oxidation sites excluding steroid dienone is 2. The second-order valence-electron chi connectivity index (χ2n) is 6.24. The van der Waals surface area contributed by atoms with Crippen molar-refractivity contribution in [3.8, 4) is 0 Å². The van der Waals surface area contributed by atoms with E-state index < -0.39 is 0 Å². The lowest BCUT2D eigenvalue weighted by Crippen LogP contribution is -2.16. The zero-order chi connectivity index (χ0) is 15.0. The second-order valence-corrected chi connectivity index (χ2v) is 6.24. The Morgan fingerprint density at radius 3 is 1.95 bits per heavy atom. The Labute approximate surface area is 118 Å². The third-order valence-corrected chi connectivity index (χ3v) is 3.23. The van der Waals surface area contributed by atoms with E-state index in [-0.39, 0.29) is 11.6 Å². The monoisotopic (exact) mass is 266 g/mol. The van der Waals surface area contributed by atoms with Gasteiger partial charge in [0.05, 0.1) is 5.57 Å². The highest BCUT2D eigenvalue weighted by Crippen LogP contribution is 2.20. The van der Waals surface area contributed by atoms with Crippen molar-refractivity contribution in [1.29, 1.82) is 0 Å². The molecule has 0 radical (unpaired) electrons. The number of carbonyl (C=O) groups excluding carboxylic acids is 2. The number of carbonyl (C=O) groups is 2. The van der Waals surface area contributed by atoms with E-state index in [4.69, 9.17) is 0 Å². The van der Waals surface area contributed by atoms with Gasteiger partial charge in [-0.2, -0.15) is 0 Å². The molecule has 2 nitrogen and oxygen atoms in total. The highest BCUT2D eigenvalue weighted by Gasteiger charge is 2.20. The van der Waals surface area contributed by atoms with E-state index in [0.717, 1.165) is 24.8 Å². The maximum Gasteiger partial charge on any atom is 0.166 e. The van der Waals surface area contributed by atoms with Crippen molar-refractivity contribution in [2.24, 2.45) is 11.8 Å². The molecule has 0 atom stereocenters. The standard InChI is InChI=1S/C17H30O2/c1-7-15(18)17(16(19)11-13(4)5)14(6)10-8-9-12(2)3/h12-13H,7-11H2,1-6H3/b17-14+. The van der Waals surface area contributed by atoms with Crippen LogP contribution in [0.15, 0.2) is 11.1 Å². The molecule has 0 aromatic carbocycles. The Morgan fingerprint density at radius 2 is 1.53 bits per heavy atom. The molecule has 0 fully saturated rings. The second kappa shape index (κ2) is 9.06. The van der Waals surface area contributed by atoms with Gasteiger partial charge >= 0.3 is 0 Å². The highest BCUT2D eigenvalue weighted by molar-refractivity contribution is 6.20. The third-order valence-electron chi connectivity index (χ3n) is 3.23. The van der Waals surface area contributed by atoms with Crippen LogP contribution in [0, 0.1) is 11.8 Å². The van der Waals surface area contributed by atoms with Crippen molar-refractivity contribution in [1.82, 2.24) is 0 Å². The zero-order valence-electron chi connectivity index (χ0n) is 13.5. The van der Waals surface area contributed by atoms with Crippen molar-refractivity contribution < 1.29 is 9.59 Å². The molecular weight excluding hydrogens is 236 g/mol. The third kappa shape index (κ3) is 7.29. The first-order chi connectivity index (χ1) is 8.79. The van der Waals surface area contributed by atoms with Crippen LogP contribution in [0.1, 0.15) is 73.6 Å².